The fraction of sp³-hybridized carbons (Fsp3) is 0.786. The van der Waals surface area contributed by atoms with Gasteiger partial charge < -0.3 is 28.8 Å². The summed E-state index contributed by atoms with van der Waals surface area (Å²) in [4.78, 5) is 25.6. The van der Waals surface area contributed by atoms with E-state index in [0.717, 1.165) is 70.6 Å². The minimum atomic E-state index is -4.62. The van der Waals surface area contributed by atoms with Gasteiger partial charge in [0.2, 0.25) is 5.91 Å². The molecule has 0 aliphatic rings. The summed E-state index contributed by atoms with van der Waals surface area (Å²) in [6.45, 7) is 4.54. The van der Waals surface area contributed by atoms with Crippen molar-refractivity contribution < 1.29 is 32.9 Å². The standard InChI is InChI=1S/C70H129N2O6P/c1-6-8-10-12-14-16-18-20-22-24-26-28-30-31-32-33-34-35-36-37-38-39-40-41-42-44-46-48-50-52-54-56-58-60-62-64-70(74)71-68(67-78-79(75,76)77-66-65-72(3,4)5)69(73)63-61-59-57-55-53-51-49-47-45-43-29-27-25-23-21-19-17-15-13-11-9-7-2/h8,10,14,16,20,22,26,28,45,47,53,55,61,63,68-69,73H,6-7,9,11-13,15,17-19,21,23-25,27,29-44,46,48-52,54,56-60,62,64-67H2,1-5H3,(H-,71,74,75,76)/b10-8-,16-14-,22-20-,28-26-,47-45+,55-53+,63-61+. The molecule has 0 saturated heterocycles. The molecule has 0 bridgehead atoms. The molecular weight excluding hydrogens is 996 g/mol. The van der Waals surface area contributed by atoms with E-state index in [-0.39, 0.29) is 12.5 Å². The van der Waals surface area contributed by atoms with Gasteiger partial charge in [-0.1, -0.05) is 298 Å². The van der Waals surface area contributed by atoms with Crippen LogP contribution in [0, 0.1) is 0 Å². The largest absolute Gasteiger partial charge is 0.756 e. The van der Waals surface area contributed by atoms with E-state index in [4.69, 9.17) is 9.05 Å². The quantitative estimate of drug-likeness (QED) is 0.0272. The number of phosphoric ester groups is 1. The topological polar surface area (TPSA) is 108 Å². The van der Waals surface area contributed by atoms with Gasteiger partial charge in [-0.3, -0.25) is 9.36 Å². The Morgan fingerprint density at radius 1 is 0.456 bits per heavy atom. The number of phosphoric acid groups is 1. The summed E-state index contributed by atoms with van der Waals surface area (Å²) in [6.07, 6.45) is 85.6. The normalized spacial score (nSPS) is 14.3. The molecule has 2 N–H and O–H groups in total. The molecule has 0 aromatic heterocycles. The monoisotopic (exact) mass is 1120 g/mol. The van der Waals surface area contributed by atoms with E-state index in [1.165, 1.54) is 212 Å². The highest BCUT2D eigenvalue weighted by atomic mass is 31.2. The van der Waals surface area contributed by atoms with Crippen molar-refractivity contribution in [3.8, 4) is 0 Å². The number of allylic oxidation sites excluding steroid dienone is 13. The Hall–Kier alpha value is -2.32. The number of nitrogens with one attached hydrogen (secondary N) is 1. The van der Waals surface area contributed by atoms with E-state index in [2.05, 4.69) is 92.1 Å². The highest BCUT2D eigenvalue weighted by Crippen LogP contribution is 2.38. The molecule has 0 aliphatic heterocycles. The lowest BCUT2D eigenvalue weighted by Gasteiger charge is -2.29. The Morgan fingerprint density at radius 2 is 0.785 bits per heavy atom. The molecule has 9 heteroatoms. The molecule has 0 rings (SSSR count). The van der Waals surface area contributed by atoms with Crippen molar-refractivity contribution in [1.82, 2.24) is 5.32 Å². The van der Waals surface area contributed by atoms with Gasteiger partial charge in [0.15, 0.2) is 0 Å². The van der Waals surface area contributed by atoms with Crippen molar-refractivity contribution in [1.29, 1.82) is 0 Å². The van der Waals surface area contributed by atoms with Gasteiger partial charge in [-0.05, 0) is 83.5 Å². The van der Waals surface area contributed by atoms with Crippen LogP contribution in [0.4, 0.5) is 0 Å². The molecule has 0 aliphatic carbocycles. The van der Waals surface area contributed by atoms with E-state index >= 15 is 0 Å². The molecule has 0 heterocycles. The van der Waals surface area contributed by atoms with Crippen molar-refractivity contribution in [3.63, 3.8) is 0 Å². The van der Waals surface area contributed by atoms with Crippen LogP contribution in [0.15, 0.2) is 85.1 Å². The summed E-state index contributed by atoms with van der Waals surface area (Å²) < 4.78 is 23.4. The van der Waals surface area contributed by atoms with E-state index in [0.29, 0.717) is 17.4 Å². The maximum Gasteiger partial charge on any atom is 0.268 e. The van der Waals surface area contributed by atoms with Crippen molar-refractivity contribution in [2.45, 2.75) is 315 Å². The van der Waals surface area contributed by atoms with Crippen LogP contribution in [0.2, 0.25) is 0 Å². The van der Waals surface area contributed by atoms with Crippen LogP contribution in [0.25, 0.3) is 0 Å². The smallest absolute Gasteiger partial charge is 0.268 e. The predicted molar refractivity (Wildman–Crippen MR) is 343 cm³/mol. The average molecular weight is 1130 g/mol. The molecular formula is C70H129N2O6P. The van der Waals surface area contributed by atoms with E-state index in [1.54, 1.807) is 6.08 Å². The first-order valence-corrected chi connectivity index (χ1v) is 34.9. The maximum absolute atomic E-state index is 13.0. The molecule has 0 radical (unpaired) electrons. The summed E-state index contributed by atoms with van der Waals surface area (Å²) in [6, 6.07) is -0.913. The van der Waals surface area contributed by atoms with E-state index in [1.807, 2.05) is 27.2 Å². The fourth-order valence-electron chi connectivity index (χ4n) is 9.65. The zero-order chi connectivity index (χ0) is 57.7. The summed E-state index contributed by atoms with van der Waals surface area (Å²) >= 11 is 0. The summed E-state index contributed by atoms with van der Waals surface area (Å²) in [5.41, 5.74) is 0. The van der Waals surface area contributed by atoms with Gasteiger partial charge in [0.1, 0.15) is 13.2 Å². The van der Waals surface area contributed by atoms with Crippen molar-refractivity contribution >= 4 is 13.7 Å². The highest BCUT2D eigenvalue weighted by Gasteiger charge is 2.23. The SMILES string of the molecule is CC/C=C\C/C=C\C/C=C\C/C=C\CCCCCCCCCCCCCCCCCCCCCCCCC(=O)NC(COP(=O)([O-])OCC[N+](C)(C)C)C(O)/C=C/CC/C=C/CC/C=C/CCCCCCCCCCCCCC. The number of rotatable bonds is 61. The third kappa shape index (κ3) is 63.1. The number of aliphatic hydroxyl groups is 1. The maximum atomic E-state index is 13.0. The average Bonchev–Trinajstić information content (AvgIpc) is 3.42. The van der Waals surface area contributed by atoms with E-state index < -0.39 is 26.6 Å². The van der Waals surface area contributed by atoms with Crippen LogP contribution in [-0.4, -0.2) is 68.5 Å². The number of aliphatic hydroxyl groups excluding tert-OH is 1. The van der Waals surface area contributed by atoms with Crippen molar-refractivity contribution in [2.75, 3.05) is 40.9 Å². The van der Waals surface area contributed by atoms with Gasteiger partial charge in [-0.15, -0.1) is 0 Å². The Balaban J connectivity index is 4.08. The Bertz CT molecular complexity index is 1560. The first-order valence-electron chi connectivity index (χ1n) is 33.4. The number of amides is 1. The first kappa shape index (κ1) is 76.7. The van der Waals surface area contributed by atoms with Crippen LogP contribution in [0.3, 0.4) is 0 Å². The van der Waals surface area contributed by atoms with Crippen molar-refractivity contribution in [3.05, 3.63) is 85.1 Å². The highest BCUT2D eigenvalue weighted by molar-refractivity contribution is 7.45. The second-order valence-corrected chi connectivity index (χ2v) is 25.2. The molecule has 3 atom stereocenters. The minimum absolute atomic E-state index is 0.00999. The third-order valence-electron chi connectivity index (χ3n) is 14.8. The lowest BCUT2D eigenvalue weighted by molar-refractivity contribution is -0.870. The number of quaternary nitrogens is 1. The Morgan fingerprint density at radius 3 is 1.18 bits per heavy atom. The van der Waals surface area contributed by atoms with Crippen LogP contribution < -0.4 is 10.2 Å². The molecule has 1 amide bonds. The van der Waals surface area contributed by atoms with Crippen LogP contribution in [-0.2, 0) is 18.4 Å². The van der Waals surface area contributed by atoms with Crippen LogP contribution in [0.5, 0.6) is 0 Å². The second-order valence-electron chi connectivity index (χ2n) is 23.8. The fourth-order valence-corrected chi connectivity index (χ4v) is 10.4. The lowest BCUT2D eigenvalue weighted by atomic mass is 10.0. The molecule has 3 unspecified atom stereocenters. The zero-order valence-electron chi connectivity index (χ0n) is 52.6. The number of nitrogens with zero attached hydrogens (tertiary/aromatic N) is 1. The molecule has 0 aromatic rings. The number of carbonyl (C=O) groups is 1. The summed E-state index contributed by atoms with van der Waals surface area (Å²) in [5.74, 6) is -0.208. The third-order valence-corrected chi connectivity index (χ3v) is 15.8. The molecule has 0 aromatic carbocycles. The van der Waals surface area contributed by atoms with Gasteiger partial charge in [0, 0.05) is 6.42 Å². The molecule has 8 nitrogen and oxygen atoms in total. The van der Waals surface area contributed by atoms with Gasteiger partial charge in [-0.2, -0.15) is 0 Å². The molecule has 0 fully saturated rings. The zero-order valence-corrected chi connectivity index (χ0v) is 53.5. The van der Waals surface area contributed by atoms with Gasteiger partial charge >= 0.3 is 0 Å². The molecule has 0 saturated carbocycles. The van der Waals surface area contributed by atoms with Gasteiger partial charge in [-0.25, -0.2) is 0 Å². The number of hydrogen-bond acceptors (Lipinski definition) is 6. The second kappa shape index (κ2) is 60.3. The van der Waals surface area contributed by atoms with Gasteiger partial charge in [0.05, 0.1) is 39.9 Å². The van der Waals surface area contributed by atoms with E-state index in [9.17, 15) is 19.4 Å². The van der Waals surface area contributed by atoms with Gasteiger partial charge in [0.25, 0.3) is 7.82 Å². The number of likely N-dealkylation sites (N-methyl/N-ethyl adjacent to an activating group) is 1. The number of unbranched alkanes of at least 4 members (excludes halogenated alkanes) is 36. The number of carbonyl (C=O) groups excluding carboxylic acids is 1. The first-order chi connectivity index (χ1) is 38.5. The van der Waals surface area contributed by atoms with Crippen LogP contribution in [0.1, 0.15) is 303 Å². The number of hydrogen-bond donors (Lipinski definition) is 2. The van der Waals surface area contributed by atoms with Crippen LogP contribution >= 0.6 is 7.82 Å². The molecule has 79 heavy (non-hydrogen) atoms. The minimum Gasteiger partial charge on any atom is -0.756 e. The summed E-state index contributed by atoms with van der Waals surface area (Å²) in [7, 11) is 1.24. The lowest BCUT2D eigenvalue weighted by Crippen LogP contribution is -2.45. The molecule has 0 spiro atoms. The Labute approximate surface area is 490 Å². The summed E-state index contributed by atoms with van der Waals surface area (Å²) in [5, 5.41) is 13.9. The molecule has 460 valence electrons. The Kier molecular flexibility index (Phi) is 58.5. The van der Waals surface area contributed by atoms with Crippen molar-refractivity contribution in [2.24, 2.45) is 0 Å². The predicted octanol–water partition coefficient (Wildman–Crippen LogP) is 20.5.